The summed E-state index contributed by atoms with van der Waals surface area (Å²) >= 11 is 0. The molecule has 2 aromatic heterocycles. The molecule has 2 amide bonds. The highest BCUT2D eigenvalue weighted by Gasteiger charge is 2.51. The van der Waals surface area contributed by atoms with Gasteiger partial charge in [-0.15, -0.1) is 0 Å². The maximum absolute atomic E-state index is 13.8. The summed E-state index contributed by atoms with van der Waals surface area (Å²) in [6.07, 6.45) is 10.7. The second-order valence-electron chi connectivity index (χ2n) is 15.9. The fourth-order valence-electron chi connectivity index (χ4n) is 10.2. The number of ether oxygens (including phenoxy) is 1. The quantitative estimate of drug-likeness (QED) is 0.476. The number of amides is 2. The van der Waals surface area contributed by atoms with Crippen LogP contribution in [-0.4, -0.2) is 68.1 Å². The van der Waals surface area contributed by atoms with Gasteiger partial charge < -0.3 is 15.0 Å². The number of pyridine rings is 2. The number of hydrogen-bond donors (Lipinski definition) is 2. The van der Waals surface area contributed by atoms with Crippen LogP contribution in [0.2, 0.25) is 0 Å². The Bertz CT molecular complexity index is 1660. The minimum absolute atomic E-state index is 0.0941. The maximum atomic E-state index is 13.8. The Morgan fingerprint density at radius 1 is 0.936 bits per heavy atom. The Kier molecular flexibility index (Phi) is 7.55. The number of carbonyl (C=O) groups excluding carboxylic acids is 2. The van der Waals surface area contributed by atoms with Crippen LogP contribution in [0, 0.1) is 29.1 Å². The minimum atomic E-state index is -4.26. The van der Waals surface area contributed by atoms with E-state index in [1.165, 1.54) is 44.6 Å². The molecule has 2 aromatic rings. The first kappa shape index (κ1) is 31.0. The number of hydrogen-bond acceptors (Lipinski definition) is 9. The Balaban J connectivity index is 1.06. The van der Waals surface area contributed by atoms with E-state index in [0.29, 0.717) is 56.0 Å². The third kappa shape index (κ3) is 5.79. The van der Waals surface area contributed by atoms with Gasteiger partial charge in [0.25, 0.3) is 21.8 Å². The highest BCUT2D eigenvalue weighted by Crippen LogP contribution is 2.60. The number of anilines is 3. The zero-order valence-corrected chi connectivity index (χ0v) is 28.2. The van der Waals surface area contributed by atoms with Crippen molar-refractivity contribution >= 4 is 39.3 Å². The second-order valence-corrected chi connectivity index (χ2v) is 17.5. The largest absolute Gasteiger partial charge is 0.370 e. The first-order valence-corrected chi connectivity index (χ1v) is 19.0. The molecule has 2 atom stereocenters. The predicted octanol–water partition coefficient (Wildman–Crippen LogP) is 4.74. The van der Waals surface area contributed by atoms with Crippen LogP contribution >= 0.6 is 0 Å². The second kappa shape index (κ2) is 11.4. The smallest absolute Gasteiger partial charge is 0.281 e. The molecule has 11 nitrogen and oxygen atoms in total. The summed E-state index contributed by atoms with van der Waals surface area (Å²) in [6.45, 7) is 6.73. The van der Waals surface area contributed by atoms with Gasteiger partial charge in [-0.25, -0.2) is 14.7 Å². The Hall–Kier alpha value is -3.25. The van der Waals surface area contributed by atoms with E-state index in [9.17, 15) is 18.0 Å². The molecule has 2 saturated heterocycles. The van der Waals surface area contributed by atoms with Gasteiger partial charge in [-0.2, -0.15) is 8.42 Å². The van der Waals surface area contributed by atoms with Crippen molar-refractivity contribution in [3.63, 3.8) is 0 Å². The fourth-order valence-corrected chi connectivity index (χ4v) is 11.1. The molecule has 0 aromatic carbocycles. The van der Waals surface area contributed by atoms with Crippen molar-refractivity contribution < 1.29 is 22.7 Å². The monoisotopic (exact) mass is 662 g/mol. The minimum Gasteiger partial charge on any atom is -0.370 e. The Morgan fingerprint density at radius 3 is 2.43 bits per heavy atom. The van der Waals surface area contributed by atoms with Gasteiger partial charge >= 0.3 is 0 Å². The number of fused-ring (bicyclic) bond motifs is 6. The third-order valence-corrected chi connectivity index (χ3v) is 13.1. The van der Waals surface area contributed by atoms with Gasteiger partial charge in [-0.05, 0) is 125 Å². The maximum Gasteiger partial charge on any atom is 0.281 e. The van der Waals surface area contributed by atoms with Crippen molar-refractivity contribution in [3.8, 4) is 0 Å². The number of rotatable bonds is 4. The highest BCUT2D eigenvalue weighted by atomic mass is 32.2. The summed E-state index contributed by atoms with van der Waals surface area (Å²) in [5, 5.41) is 2.99. The SMILES string of the molecule is CC1(C)CC2CCCNc3cccc(n3)S(=O)(=O)NC(=O)c3ccc(N4CC[C@H](OCC56CC7CC(CC(C7)C5)C6)C4=O)nc3N1C2. The molecular weight excluding hydrogens is 616 g/mol. The average molecular weight is 663 g/mol. The molecule has 0 radical (unpaired) electrons. The summed E-state index contributed by atoms with van der Waals surface area (Å²) in [7, 11) is -4.26. The zero-order valence-electron chi connectivity index (χ0n) is 27.4. The molecule has 8 bridgehead atoms. The summed E-state index contributed by atoms with van der Waals surface area (Å²) in [6, 6.07) is 7.96. The van der Waals surface area contributed by atoms with Gasteiger partial charge in [0.1, 0.15) is 23.6 Å². The van der Waals surface area contributed by atoms with Crippen molar-refractivity contribution in [3.05, 3.63) is 35.9 Å². The molecule has 7 aliphatic rings. The average Bonchev–Trinajstić information content (AvgIpc) is 3.54. The molecule has 4 saturated carbocycles. The number of sulfonamides is 1. The Labute approximate surface area is 277 Å². The van der Waals surface area contributed by atoms with E-state index in [2.05, 4.69) is 33.8 Å². The number of nitrogens with one attached hydrogen (secondary N) is 2. The molecule has 5 heterocycles. The van der Waals surface area contributed by atoms with Crippen molar-refractivity contribution in [2.75, 3.05) is 41.4 Å². The Morgan fingerprint density at radius 2 is 1.68 bits per heavy atom. The van der Waals surface area contributed by atoms with Crippen molar-refractivity contribution in [2.45, 2.75) is 94.7 Å². The zero-order chi connectivity index (χ0) is 32.6. The lowest BCUT2D eigenvalue weighted by Crippen LogP contribution is -2.49. The van der Waals surface area contributed by atoms with Gasteiger partial charge in [-0.3, -0.25) is 14.5 Å². The molecule has 47 heavy (non-hydrogen) atoms. The van der Waals surface area contributed by atoms with Gasteiger partial charge in [0.15, 0.2) is 5.03 Å². The van der Waals surface area contributed by atoms with E-state index in [1.807, 2.05) is 0 Å². The summed E-state index contributed by atoms with van der Waals surface area (Å²) in [4.78, 5) is 40.6. The van der Waals surface area contributed by atoms with Crippen molar-refractivity contribution in [1.82, 2.24) is 14.7 Å². The lowest BCUT2D eigenvalue weighted by atomic mass is 9.50. The van der Waals surface area contributed by atoms with E-state index in [-0.39, 0.29) is 27.5 Å². The van der Waals surface area contributed by atoms with Crippen LogP contribution in [0.1, 0.15) is 88.4 Å². The van der Waals surface area contributed by atoms with Gasteiger partial charge in [-0.1, -0.05) is 6.07 Å². The molecule has 252 valence electrons. The van der Waals surface area contributed by atoms with Gasteiger partial charge in [0.2, 0.25) is 0 Å². The van der Waals surface area contributed by atoms with Crippen LogP contribution in [-0.2, 0) is 19.6 Å². The lowest BCUT2D eigenvalue weighted by molar-refractivity contribution is -0.138. The van der Waals surface area contributed by atoms with E-state index in [4.69, 9.17) is 9.72 Å². The molecule has 1 unspecified atom stereocenters. The lowest BCUT2D eigenvalue weighted by Gasteiger charge is -2.56. The molecule has 12 heteroatoms. The van der Waals surface area contributed by atoms with Crippen LogP contribution in [0.3, 0.4) is 0 Å². The van der Waals surface area contributed by atoms with Crippen LogP contribution in [0.4, 0.5) is 17.5 Å². The standard InChI is InChI=1S/C35H46N6O5S/c1-34(2)16-22-5-4-11-36-28-6-3-7-30(37-28)47(44,45)39-32(42)26-8-9-29(38-31(26)41(34)20-22)40-12-10-27(33(40)43)46-21-35-17-23-13-24(18-35)15-25(14-23)19-35/h3,6-9,22-25,27H,4-5,10-21H2,1-2H3,(H,36,37)(H,39,42)/t22?,23?,24?,25?,27-,35?/m0/s1. The number of carbonyl (C=O) groups is 2. The first-order chi connectivity index (χ1) is 22.5. The van der Waals surface area contributed by atoms with Gasteiger partial charge in [0, 0.05) is 31.6 Å². The van der Waals surface area contributed by atoms with Crippen LogP contribution in [0.25, 0.3) is 0 Å². The molecule has 2 N–H and O–H groups in total. The molecular formula is C35H46N6O5S. The predicted molar refractivity (Wildman–Crippen MR) is 178 cm³/mol. The topological polar surface area (TPSA) is 134 Å². The number of nitrogens with zero attached hydrogens (tertiary/aromatic N) is 4. The fraction of sp³-hybridized carbons (Fsp3) is 0.657. The van der Waals surface area contributed by atoms with Crippen molar-refractivity contribution in [2.24, 2.45) is 29.1 Å². The number of aromatic nitrogens is 2. The van der Waals surface area contributed by atoms with Crippen LogP contribution in [0.5, 0.6) is 0 Å². The van der Waals surface area contributed by atoms with E-state index < -0.39 is 22.0 Å². The van der Waals surface area contributed by atoms with E-state index >= 15 is 0 Å². The molecule has 3 aliphatic heterocycles. The highest BCUT2D eigenvalue weighted by molar-refractivity contribution is 7.90. The molecule has 9 rings (SSSR count). The van der Waals surface area contributed by atoms with E-state index in [0.717, 1.165) is 37.0 Å². The third-order valence-electron chi connectivity index (χ3n) is 11.8. The molecule has 4 aliphatic carbocycles. The van der Waals surface area contributed by atoms with Crippen LogP contribution in [0.15, 0.2) is 35.4 Å². The van der Waals surface area contributed by atoms with Crippen LogP contribution < -0.4 is 19.8 Å². The summed E-state index contributed by atoms with van der Waals surface area (Å²) in [5.74, 6) is 3.27. The molecule has 0 spiro atoms. The van der Waals surface area contributed by atoms with Gasteiger partial charge in [0.05, 0.1) is 12.2 Å². The normalized spacial score (nSPS) is 34.0. The molecule has 6 fully saturated rings. The van der Waals surface area contributed by atoms with Crippen molar-refractivity contribution in [1.29, 1.82) is 0 Å². The first-order valence-electron chi connectivity index (χ1n) is 17.5. The van der Waals surface area contributed by atoms with E-state index in [1.54, 1.807) is 29.2 Å². The summed E-state index contributed by atoms with van der Waals surface area (Å²) < 4.78 is 35.3. The summed E-state index contributed by atoms with van der Waals surface area (Å²) in [5.41, 5.74) is 0.0449.